The average Bonchev–Trinajstić information content (AvgIpc) is 2.60. The van der Waals surface area contributed by atoms with Crippen molar-refractivity contribution in [3.05, 3.63) is 5.89 Å². The van der Waals surface area contributed by atoms with Gasteiger partial charge in [0.15, 0.2) is 0 Å². The van der Waals surface area contributed by atoms with Gasteiger partial charge in [-0.15, -0.1) is 5.10 Å². The van der Waals surface area contributed by atoms with Gasteiger partial charge in [-0.25, -0.2) is 0 Å². The molecule has 1 saturated carbocycles. The molecule has 0 aromatic carbocycles. The van der Waals surface area contributed by atoms with Crippen molar-refractivity contribution >= 4 is 6.01 Å². The summed E-state index contributed by atoms with van der Waals surface area (Å²) in [4.78, 5) is 0. The van der Waals surface area contributed by atoms with Crippen molar-refractivity contribution in [2.45, 2.75) is 45.2 Å². The van der Waals surface area contributed by atoms with E-state index < -0.39 is 0 Å². The van der Waals surface area contributed by atoms with Gasteiger partial charge in [-0.1, -0.05) is 12.0 Å². The van der Waals surface area contributed by atoms with Crippen molar-refractivity contribution in [1.29, 1.82) is 0 Å². The molecule has 1 aromatic rings. The zero-order chi connectivity index (χ0) is 10.7. The van der Waals surface area contributed by atoms with Crippen LogP contribution in [-0.4, -0.2) is 22.8 Å². The van der Waals surface area contributed by atoms with Gasteiger partial charge in [-0.2, -0.15) is 0 Å². The Morgan fingerprint density at radius 1 is 1.47 bits per heavy atom. The highest BCUT2D eigenvalue weighted by atomic mass is 16.4. The van der Waals surface area contributed by atoms with Crippen LogP contribution in [0.25, 0.3) is 0 Å². The first-order valence-corrected chi connectivity index (χ1v) is 5.63. The predicted octanol–water partition coefficient (Wildman–Crippen LogP) is 1.70. The van der Waals surface area contributed by atoms with Crippen molar-refractivity contribution < 1.29 is 4.42 Å². The molecular formula is C10H18N4O. The second-order valence-electron chi connectivity index (χ2n) is 4.00. The zero-order valence-electron chi connectivity index (χ0n) is 9.29. The summed E-state index contributed by atoms with van der Waals surface area (Å²) in [7, 11) is 0. The summed E-state index contributed by atoms with van der Waals surface area (Å²) in [5.74, 6) is 0.652. The summed E-state index contributed by atoms with van der Waals surface area (Å²) in [6.45, 7) is 4.97. The molecule has 0 spiro atoms. The highest BCUT2D eigenvalue weighted by Crippen LogP contribution is 2.23. The van der Waals surface area contributed by atoms with Gasteiger partial charge in [0.2, 0.25) is 5.89 Å². The Morgan fingerprint density at radius 2 is 2.27 bits per heavy atom. The molecule has 0 saturated heterocycles. The largest absolute Gasteiger partial charge is 0.406 e. The van der Waals surface area contributed by atoms with Crippen LogP contribution in [-0.2, 0) is 0 Å². The minimum atomic E-state index is 0.124. The molecule has 0 radical (unpaired) electrons. The topological polar surface area (TPSA) is 63.0 Å². The quantitative estimate of drug-likeness (QED) is 0.774. The highest BCUT2D eigenvalue weighted by molar-refractivity contribution is 5.21. The lowest BCUT2D eigenvalue weighted by Gasteiger charge is -2.24. The molecule has 5 heteroatoms. The van der Waals surface area contributed by atoms with Gasteiger partial charge in [0, 0.05) is 6.04 Å². The summed E-state index contributed by atoms with van der Waals surface area (Å²) in [5, 5.41) is 14.4. The first-order chi connectivity index (χ1) is 7.29. The molecule has 1 aliphatic carbocycles. The molecule has 2 rings (SSSR count). The molecule has 2 N–H and O–H groups in total. The molecule has 1 unspecified atom stereocenters. The standard InChI is InChI=1S/C10H18N4O/c1-3-11-7(2)9-13-14-10(15-9)12-8-5-4-6-8/h7-8,11H,3-6H2,1-2H3,(H,12,14). The minimum absolute atomic E-state index is 0.124. The minimum Gasteiger partial charge on any atom is -0.406 e. The third-order valence-electron chi connectivity index (χ3n) is 2.75. The van der Waals surface area contributed by atoms with Gasteiger partial charge >= 0.3 is 6.01 Å². The number of rotatable bonds is 5. The molecule has 1 aliphatic rings. The lowest BCUT2D eigenvalue weighted by molar-refractivity contribution is 0.403. The maximum Gasteiger partial charge on any atom is 0.315 e. The Balaban J connectivity index is 1.90. The lowest BCUT2D eigenvalue weighted by atomic mass is 9.93. The van der Waals surface area contributed by atoms with Crippen molar-refractivity contribution in [2.75, 3.05) is 11.9 Å². The number of nitrogens with zero attached hydrogens (tertiary/aromatic N) is 2. The van der Waals surface area contributed by atoms with Crippen LogP contribution in [0.5, 0.6) is 0 Å². The van der Waals surface area contributed by atoms with Crippen LogP contribution in [0.15, 0.2) is 4.42 Å². The van der Waals surface area contributed by atoms with E-state index in [9.17, 15) is 0 Å². The fourth-order valence-corrected chi connectivity index (χ4v) is 1.59. The zero-order valence-corrected chi connectivity index (χ0v) is 9.29. The van der Waals surface area contributed by atoms with Gasteiger partial charge in [-0.3, -0.25) is 0 Å². The first-order valence-electron chi connectivity index (χ1n) is 5.63. The van der Waals surface area contributed by atoms with E-state index >= 15 is 0 Å². The second kappa shape index (κ2) is 4.61. The SMILES string of the molecule is CCNC(C)c1nnc(NC2CCC2)o1. The first kappa shape index (κ1) is 10.4. The maximum absolute atomic E-state index is 5.51. The van der Waals surface area contributed by atoms with Crippen LogP contribution < -0.4 is 10.6 Å². The van der Waals surface area contributed by atoms with Gasteiger partial charge in [0.05, 0.1) is 6.04 Å². The Hall–Kier alpha value is -1.10. The summed E-state index contributed by atoms with van der Waals surface area (Å²) in [6, 6.07) is 1.21. The molecule has 0 aliphatic heterocycles. The van der Waals surface area contributed by atoms with Crippen molar-refractivity contribution in [1.82, 2.24) is 15.5 Å². The van der Waals surface area contributed by atoms with E-state index in [1.165, 1.54) is 19.3 Å². The smallest absolute Gasteiger partial charge is 0.315 e. The van der Waals surface area contributed by atoms with Gasteiger partial charge < -0.3 is 15.1 Å². The summed E-state index contributed by atoms with van der Waals surface area (Å²) >= 11 is 0. The van der Waals surface area contributed by atoms with E-state index in [0.717, 1.165) is 6.54 Å². The van der Waals surface area contributed by atoms with E-state index in [1.54, 1.807) is 0 Å². The van der Waals surface area contributed by atoms with E-state index in [2.05, 4.69) is 27.8 Å². The number of hydrogen-bond acceptors (Lipinski definition) is 5. The summed E-state index contributed by atoms with van der Waals surface area (Å²) in [5.41, 5.74) is 0. The molecule has 15 heavy (non-hydrogen) atoms. The highest BCUT2D eigenvalue weighted by Gasteiger charge is 2.20. The fourth-order valence-electron chi connectivity index (χ4n) is 1.59. The van der Waals surface area contributed by atoms with Crippen molar-refractivity contribution in [2.24, 2.45) is 0 Å². The third kappa shape index (κ3) is 2.47. The molecule has 1 aromatic heterocycles. The van der Waals surface area contributed by atoms with Gasteiger partial charge in [-0.05, 0) is 32.7 Å². The van der Waals surface area contributed by atoms with E-state index in [0.29, 0.717) is 17.9 Å². The molecule has 1 atom stereocenters. The third-order valence-corrected chi connectivity index (χ3v) is 2.75. The Labute approximate surface area is 89.6 Å². The van der Waals surface area contributed by atoms with Crippen LogP contribution in [0.1, 0.15) is 45.0 Å². The van der Waals surface area contributed by atoms with Gasteiger partial charge in [0.1, 0.15) is 0 Å². The Bertz CT molecular complexity index is 308. The average molecular weight is 210 g/mol. The molecule has 1 heterocycles. The maximum atomic E-state index is 5.51. The van der Waals surface area contributed by atoms with Gasteiger partial charge in [0.25, 0.3) is 0 Å². The molecule has 5 nitrogen and oxygen atoms in total. The Morgan fingerprint density at radius 3 is 2.87 bits per heavy atom. The van der Waals surface area contributed by atoms with Crippen LogP contribution in [0, 0.1) is 0 Å². The summed E-state index contributed by atoms with van der Waals surface area (Å²) in [6.07, 6.45) is 3.72. The number of anilines is 1. The fraction of sp³-hybridized carbons (Fsp3) is 0.800. The van der Waals surface area contributed by atoms with Crippen LogP contribution in [0.3, 0.4) is 0 Å². The Kier molecular flexibility index (Phi) is 3.20. The summed E-state index contributed by atoms with van der Waals surface area (Å²) < 4.78 is 5.51. The number of hydrogen-bond donors (Lipinski definition) is 2. The lowest BCUT2D eigenvalue weighted by Crippen LogP contribution is -2.27. The molecule has 84 valence electrons. The predicted molar refractivity (Wildman–Crippen MR) is 57.7 cm³/mol. The number of nitrogens with one attached hydrogen (secondary N) is 2. The van der Waals surface area contributed by atoms with Crippen LogP contribution >= 0.6 is 0 Å². The van der Waals surface area contributed by atoms with E-state index in [1.807, 2.05) is 6.92 Å². The van der Waals surface area contributed by atoms with E-state index in [4.69, 9.17) is 4.42 Å². The molecule has 1 fully saturated rings. The molecular weight excluding hydrogens is 192 g/mol. The van der Waals surface area contributed by atoms with Crippen LogP contribution in [0.4, 0.5) is 6.01 Å². The van der Waals surface area contributed by atoms with Crippen molar-refractivity contribution in [3.8, 4) is 0 Å². The van der Waals surface area contributed by atoms with Crippen LogP contribution in [0.2, 0.25) is 0 Å². The monoisotopic (exact) mass is 210 g/mol. The molecule has 0 bridgehead atoms. The van der Waals surface area contributed by atoms with Crippen molar-refractivity contribution in [3.63, 3.8) is 0 Å². The number of aromatic nitrogens is 2. The second-order valence-corrected chi connectivity index (χ2v) is 4.00. The van der Waals surface area contributed by atoms with E-state index in [-0.39, 0.29) is 6.04 Å². The normalized spacial score (nSPS) is 18.5. The molecule has 0 amide bonds.